The summed E-state index contributed by atoms with van der Waals surface area (Å²) < 4.78 is 0. The molecule has 16 heavy (non-hydrogen) atoms. The standard InChI is InChI=1S/C7H7Cl.C6H6ClN/c1-6-4-2-3-5-7(6)8;1-5-6(7)3-2-4-8-5/h2-5H,1H3;2-4H,1H3. The van der Waals surface area contributed by atoms with E-state index in [0.29, 0.717) is 0 Å². The number of pyridine rings is 1. The molecule has 0 saturated heterocycles. The second-order valence-electron chi connectivity index (χ2n) is 3.32. The first kappa shape index (κ1) is 13.0. The summed E-state index contributed by atoms with van der Waals surface area (Å²) in [5.74, 6) is 0. The molecule has 0 fully saturated rings. The maximum atomic E-state index is 5.71. The van der Waals surface area contributed by atoms with E-state index in [0.717, 1.165) is 21.3 Å². The smallest absolute Gasteiger partial charge is 0.0618 e. The molecule has 0 aliphatic rings. The average molecular weight is 254 g/mol. The Morgan fingerprint density at radius 2 is 1.50 bits per heavy atom. The van der Waals surface area contributed by atoms with Crippen LogP contribution in [0.4, 0.5) is 0 Å². The van der Waals surface area contributed by atoms with Gasteiger partial charge in [0.2, 0.25) is 0 Å². The van der Waals surface area contributed by atoms with E-state index in [2.05, 4.69) is 4.98 Å². The maximum absolute atomic E-state index is 5.71. The number of hydrogen-bond acceptors (Lipinski definition) is 1. The summed E-state index contributed by atoms with van der Waals surface area (Å²) in [5.41, 5.74) is 2.02. The Morgan fingerprint density at radius 3 is 1.88 bits per heavy atom. The largest absolute Gasteiger partial charge is 0.260 e. The van der Waals surface area contributed by atoms with Crippen LogP contribution < -0.4 is 0 Å². The van der Waals surface area contributed by atoms with Crippen molar-refractivity contribution < 1.29 is 0 Å². The molecule has 0 bridgehead atoms. The predicted octanol–water partition coefficient (Wildman–Crippen LogP) is 4.69. The van der Waals surface area contributed by atoms with Crippen molar-refractivity contribution in [3.63, 3.8) is 0 Å². The molecule has 3 heteroatoms. The fourth-order valence-electron chi connectivity index (χ4n) is 1.02. The van der Waals surface area contributed by atoms with Crippen LogP contribution in [0.25, 0.3) is 0 Å². The third kappa shape index (κ3) is 4.21. The van der Waals surface area contributed by atoms with Gasteiger partial charge in [-0.15, -0.1) is 0 Å². The Balaban J connectivity index is 0.000000160. The van der Waals surface area contributed by atoms with Gasteiger partial charge < -0.3 is 0 Å². The summed E-state index contributed by atoms with van der Waals surface area (Å²) in [5, 5.41) is 1.57. The van der Waals surface area contributed by atoms with Gasteiger partial charge in [-0.1, -0.05) is 41.4 Å². The quantitative estimate of drug-likeness (QED) is 0.664. The van der Waals surface area contributed by atoms with Gasteiger partial charge in [-0.25, -0.2) is 0 Å². The molecular formula is C13H13Cl2N. The number of hydrogen-bond donors (Lipinski definition) is 0. The lowest BCUT2D eigenvalue weighted by Crippen LogP contribution is -1.77. The monoisotopic (exact) mass is 253 g/mol. The van der Waals surface area contributed by atoms with Crippen LogP contribution in [0.2, 0.25) is 10.0 Å². The highest BCUT2D eigenvalue weighted by atomic mass is 35.5. The zero-order chi connectivity index (χ0) is 12.0. The molecule has 0 spiro atoms. The summed E-state index contributed by atoms with van der Waals surface area (Å²) in [6, 6.07) is 11.4. The van der Waals surface area contributed by atoms with Crippen LogP contribution in [0.15, 0.2) is 42.6 Å². The molecule has 1 aromatic heterocycles. The first-order valence-electron chi connectivity index (χ1n) is 4.89. The number of nitrogens with zero attached hydrogens (tertiary/aromatic N) is 1. The molecule has 0 atom stereocenters. The lowest BCUT2D eigenvalue weighted by Gasteiger charge is -1.90. The van der Waals surface area contributed by atoms with E-state index in [-0.39, 0.29) is 0 Å². The molecule has 0 N–H and O–H groups in total. The third-order valence-corrected chi connectivity index (χ3v) is 2.84. The van der Waals surface area contributed by atoms with Crippen LogP contribution in [0.3, 0.4) is 0 Å². The highest BCUT2D eigenvalue weighted by molar-refractivity contribution is 6.31. The molecule has 0 amide bonds. The molecule has 0 saturated carbocycles. The van der Waals surface area contributed by atoms with E-state index < -0.39 is 0 Å². The molecule has 2 rings (SSSR count). The predicted molar refractivity (Wildman–Crippen MR) is 70.2 cm³/mol. The van der Waals surface area contributed by atoms with Crippen molar-refractivity contribution in [2.24, 2.45) is 0 Å². The number of aromatic nitrogens is 1. The minimum Gasteiger partial charge on any atom is -0.260 e. The Hall–Kier alpha value is -1.05. The number of halogens is 2. The number of aryl methyl sites for hydroxylation is 2. The molecule has 84 valence electrons. The Bertz CT molecular complexity index is 370. The second-order valence-corrected chi connectivity index (χ2v) is 4.13. The first-order chi connectivity index (χ1) is 7.61. The van der Waals surface area contributed by atoms with Crippen LogP contribution in [0.1, 0.15) is 11.3 Å². The van der Waals surface area contributed by atoms with Gasteiger partial charge in [0.05, 0.1) is 10.7 Å². The van der Waals surface area contributed by atoms with Crippen LogP contribution >= 0.6 is 23.2 Å². The molecule has 1 aromatic carbocycles. The number of benzene rings is 1. The van der Waals surface area contributed by atoms with Crippen molar-refractivity contribution in [1.29, 1.82) is 0 Å². The summed E-state index contributed by atoms with van der Waals surface area (Å²) in [6.45, 7) is 3.87. The highest BCUT2D eigenvalue weighted by Crippen LogP contribution is 2.12. The molecule has 0 aliphatic carbocycles. The van der Waals surface area contributed by atoms with E-state index in [1.807, 2.05) is 50.2 Å². The lowest BCUT2D eigenvalue weighted by molar-refractivity contribution is 1.20. The first-order valence-corrected chi connectivity index (χ1v) is 5.65. The average Bonchev–Trinajstić information content (AvgIpc) is 2.28. The van der Waals surface area contributed by atoms with E-state index in [4.69, 9.17) is 23.2 Å². The summed E-state index contributed by atoms with van der Waals surface area (Å²) in [4.78, 5) is 3.95. The molecule has 1 heterocycles. The van der Waals surface area contributed by atoms with Crippen LogP contribution in [0, 0.1) is 13.8 Å². The molecule has 0 radical (unpaired) electrons. The number of rotatable bonds is 0. The van der Waals surface area contributed by atoms with Crippen molar-refractivity contribution >= 4 is 23.2 Å². The Kier molecular flexibility index (Phi) is 5.30. The third-order valence-electron chi connectivity index (χ3n) is 2.02. The van der Waals surface area contributed by atoms with Crippen LogP contribution in [-0.4, -0.2) is 4.98 Å². The summed E-state index contributed by atoms with van der Waals surface area (Å²) >= 11 is 11.4. The van der Waals surface area contributed by atoms with Gasteiger partial charge in [-0.05, 0) is 37.6 Å². The molecule has 2 aromatic rings. The fraction of sp³-hybridized carbons (Fsp3) is 0.154. The minimum atomic E-state index is 0.729. The van der Waals surface area contributed by atoms with Crippen molar-refractivity contribution in [2.75, 3.05) is 0 Å². The van der Waals surface area contributed by atoms with Gasteiger partial charge in [0, 0.05) is 11.2 Å². The van der Waals surface area contributed by atoms with E-state index in [9.17, 15) is 0 Å². The SMILES string of the molecule is Cc1ccccc1Cl.Cc1ncccc1Cl. The fourth-order valence-corrected chi connectivity index (χ4v) is 1.27. The zero-order valence-electron chi connectivity index (χ0n) is 9.24. The van der Waals surface area contributed by atoms with E-state index in [1.54, 1.807) is 6.20 Å². The summed E-state index contributed by atoms with van der Waals surface area (Å²) in [6.07, 6.45) is 1.72. The second kappa shape index (κ2) is 6.51. The molecule has 1 nitrogen and oxygen atoms in total. The van der Waals surface area contributed by atoms with Crippen molar-refractivity contribution in [3.8, 4) is 0 Å². The van der Waals surface area contributed by atoms with Crippen molar-refractivity contribution in [1.82, 2.24) is 4.98 Å². The van der Waals surface area contributed by atoms with Crippen molar-refractivity contribution in [3.05, 3.63) is 63.9 Å². The maximum Gasteiger partial charge on any atom is 0.0618 e. The van der Waals surface area contributed by atoms with Gasteiger partial charge in [-0.3, -0.25) is 4.98 Å². The van der Waals surface area contributed by atoms with Gasteiger partial charge in [0.1, 0.15) is 0 Å². The molecule has 0 aliphatic heterocycles. The zero-order valence-corrected chi connectivity index (χ0v) is 10.8. The van der Waals surface area contributed by atoms with E-state index in [1.165, 1.54) is 0 Å². The molecule has 0 unspecified atom stereocenters. The van der Waals surface area contributed by atoms with Gasteiger partial charge in [0.15, 0.2) is 0 Å². The van der Waals surface area contributed by atoms with Gasteiger partial charge >= 0.3 is 0 Å². The normalized spacial score (nSPS) is 9.25. The Morgan fingerprint density at radius 1 is 0.875 bits per heavy atom. The van der Waals surface area contributed by atoms with Gasteiger partial charge in [0.25, 0.3) is 0 Å². The van der Waals surface area contributed by atoms with Crippen LogP contribution in [-0.2, 0) is 0 Å². The Labute approximate surface area is 106 Å². The highest BCUT2D eigenvalue weighted by Gasteiger charge is 1.88. The van der Waals surface area contributed by atoms with Gasteiger partial charge in [-0.2, -0.15) is 0 Å². The minimum absolute atomic E-state index is 0.729. The topological polar surface area (TPSA) is 12.9 Å². The molecular weight excluding hydrogens is 241 g/mol. The lowest BCUT2D eigenvalue weighted by atomic mass is 10.2. The van der Waals surface area contributed by atoms with Crippen LogP contribution in [0.5, 0.6) is 0 Å². The van der Waals surface area contributed by atoms with Crippen molar-refractivity contribution in [2.45, 2.75) is 13.8 Å². The van der Waals surface area contributed by atoms with E-state index >= 15 is 0 Å². The summed E-state index contributed by atoms with van der Waals surface area (Å²) in [7, 11) is 0.